The number of hydrogen-bond acceptors (Lipinski definition) is 4. The van der Waals surface area contributed by atoms with Crippen LogP contribution in [0.5, 0.6) is 0 Å². The molecule has 100 valence electrons. The van der Waals surface area contributed by atoms with Crippen LogP contribution in [0.1, 0.15) is 32.1 Å². The summed E-state index contributed by atoms with van der Waals surface area (Å²) >= 11 is 0. The summed E-state index contributed by atoms with van der Waals surface area (Å²) < 4.78 is 17.0. The molecule has 17 heavy (non-hydrogen) atoms. The van der Waals surface area contributed by atoms with Crippen molar-refractivity contribution in [2.24, 2.45) is 0 Å². The fourth-order valence-electron chi connectivity index (χ4n) is 2.76. The van der Waals surface area contributed by atoms with Crippen molar-refractivity contribution in [3.63, 3.8) is 0 Å². The largest absolute Gasteiger partial charge is 0.382 e. The molecule has 2 aliphatic rings. The summed E-state index contributed by atoms with van der Waals surface area (Å²) in [6.45, 7) is 1.31. The molecule has 0 heterocycles. The summed E-state index contributed by atoms with van der Waals surface area (Å²) in [5.41, 5.74) is 0. The third-order valence-electron chi connectivity index (χ3n) is 3.89. The Balaban J connectivity index is 1.72. The highest BCUT2D eigenvalue weighted by atomic mass is 16.6. The molecular formula is C13H25NO3. The van der Waals surface area contributed by atoms with E-state index >= 15 is 0 Å². The molecule has 0 aromatic heterocycles. The van der Waals surface area contributed by atoms with E-state index in [0.717, 1.165) is 6.42 Å². The molecule has 0 saturated heterocycles. The first-order valence-electron chi connectivity index (χ1n) is 6.78. The highest BCUT2D eigenvalue weighted by Crippen LogP contribution is 2.32. The van der Waals surface area contributed by atoms with Crippen LogP contribution in [-0.4, -0.2) is 51.7 Å². The number of likely N-dealkylation sites (N-methyl/N-ethyl adjacent to an activating group) is 1. The van der Waals surface area contributed by atoms with Gasteiger partial charge in [0.15, 0.2) is 0 Å². The molecule has 3 unspecified atom stereocenters. The Bertz CT molecular complexity index is 219. The Morgan fingerprint density at radius 3 is 2.59 bits per heavy atom. The molecule has 2 fully saturated rings. The molecule has 4 nitrogen and oxygen atoms in total. The van der Waals surface area contributed by atoms with E-state index in [2.05, 4.69) is 5.32 Å². The van der Waals surface area contributed by atoms with Gasteiger partial charge in [-0.3, -0.25) is 0 Å². The zero-order valence-corrected chi connectivity index (χ0v) is 11.0. The van der Waals surface area contributed by atoms with E-state index < -0.39 is 0 Å². The first-order chi connectivity index (χ1) is 8.35. The third kappa shape index (κ3) is 3.41. The summed E-state index contributed by atoms with van der Waals surface area (Å²) in [6, 6.07) is 0.443. The Labute approximate surface area is 104 Å². The Kier molecular flexibility index (Phi) is 5.22. The lowest BCUT2D eigenvalue weighted by atomic mass is 9.85. The van der Waals surface area contributed by atoms with Crippen molar-refractivity contribution in [3.8, 4) is 0 Å². The highest BCUT2D eigenvalue weighted by Gasteiger charge is 2.43. The topological polar surface area (TPSA) is 39.7 Å². The summed E-state index contributed by atoms with van der Waals surface area (Å²) in [5, 5.41) is 3.29. The molecule has 2 rings (SSSR count). The fourth-order valence-corrected chi connectivity index (χ4v) is 2.76. The zero-order valence-electron chi connectivity index (χ0n) is 11.0. The monoisotopic (exact) mass is 243 g/mol. The standard InChI is InChI=1S/C13H25NO3/c1-14-11-9-12(13(11)16-8-7-15-2)17-10-5-3-4-6-10/h10-14H,3-9H2,1-2H3. The summed E-state index contributed by atoms with van der Waals surface area (Å²) in [5.74, 6) is 0. The van der Waals surface area contributed by atoms with E-state index in [1.807, 2.05) is 7.05 Å². The van der Waals surface area contributed by atoms with Crippen molar-refractivity contribution in [2.75, 3.05) is 27.4 Å². The Morgan fingerprint density at radius 1 is 1.18 bits per heavy atom. The van der Waals surface area contributed by atoms with Crippen LogP contribution in [0, 0.1) is 0 Å². The van der Waals surface area contributed by atoms with Crippen LogP contribution in [0.15, 0.2) is 0 Å². The summed E-state index contributed by atoms with van der Waals surface area (Å²) in [7, 11) is 3.69. The maximum atomic E-state index is 6.12. The second-order valence-electron chi connectivity index (χ2n) is 5.04. The molecule has 1 N–H and O–H groups in total. The van der Waals surface area contributed by atoms with Crippen LogP contribution < -0.4 is 5.32 Å². The lowest BCUT2D eigenvalue weighted by Crippen LogP contribution is -2.60. The highest BCUT2D eigenvalue weighted by molar-refractivity contribution is 4.97. The Morgan fingerprint density at radius 2 is 1.94 bits per heavy atom. The van der Waals surface area contributed by atoms with Gasteiger partial charge in [0.05, 0.1) is 31.5 Å². The van der Waals surface area contributed by atoms with Gasteiger partial charge in [0.25, 0.3) is 0 Å². The molecule has 0 aromatic carbocycles. The van der Waals surface area contributed by atoms with Gasteiger partial charge in [-0.25, -0.2) is 0 Å². The van der Waals surface area contributed by atoms with Gasteiger partial charge in [-0.15, -0.1) is 0 Å². The number of nitrogens with one attached hydrogen (secondary N) is 1. The van der Waals surface area contributed by atoms with Gasteiger partial charge in [-0.1, -0.05) is 12.8 Å². The second kappa shape index (κ2) is 6.69. The lowest BCUT2D eigenvalue weighted by Gasteiger charge is -2.44. The lowest BCUT2D eigenvalue weighted by molar-refractivity contribution is -0.169. The number of ether oxygens (including phenoxy) is 3. The number of methoxy groups -OCH3 is 1. The van der Waals surface area contributed by atoms with Crippen molar-refractivity contribution in [1.82, 2.24) is 5.32 Å². The van der Waals surface area contributed by atoms with Gasteiger partial charge < -0.3 is 19.5 Å². The average Bonchev–Trinajstić information content (AvgIpc) is 2.82. The van der Waals surface area contributed by atoms with Gasteiger partial charge >= 0.3 is 0 Å². The normalized spacial score (nSPS) is 33.9. The summed E-state index contributed by atoms with van der Waals surface area (Å²) in [6.07, 6.45) is 7.14. The van der Waals surface area contributed by atoms with E-state index in [0.29, 0.717) is 25.4 Å². The van der Waals surface area contributed by atoms with Gasteiger partial charge in [0.2, 0.25) is 0 Å². The first kappa shape index (κ1) is 13.3. The van der Waals surface area contributed by atoms with Crippen LogP contribution in [0.4, 0.5) is 0 Å². The molecule has 0 aromatic rings. The zero-order chi connectivity index (χ0) is 12.1. The maximum absolute atomic E-state index is 6.12. The number of rotatable bonds is 7. The van der Waals surface area contributed by atoms with Crippen LogP contribution in [-0.2, 0) is 14.2 Å². The predicted octanol–water partition coefficient (Wildman–Crippen LogP) is 1.34. The van der Waals surface area contributed by atoms with E-state index in [9.17, 15) is 0 Å². The maximum Gasteiger partial charge on any atom is 0.0991 e. The molecular weight excluding hydrogens is 218 g/mol. The second-order valence-corrected chi connectivity index (χ2v) is 5.04. The molecule has 2 aliphatic carbocycles. The molecule has 0 amide bonds. The molecule has 0 aliphatic heterocycles. The van der Waals surface area contributed by atoms with Gasteiger partial charge in [0.1, 0.15) is 0 Å². The molecule has 0 radical (unpaired) electrons. The first-order valence-corrected chi connectivity index (χ1v) is 6.78. The smallest absolute Gasteiger partial charge is 0.0991 e. The van der Waals surface area contributed by atoms with Crippen LogP contribution in [0.2, 0.25) is 0 Å². The van der Waals surface area contributed by atoms with Crippen LogP contribution in [0.3, 0.4) is 0 Å². The van der Waals surface area contributed by atoms with E-state index in [1.165, 1.54) is 25.7 Å². The average molecular weight is 243 g/mol. The molecule has 0 bridgehead atoms. The fraction of sp³-hybridized carbons (Fsp3) is 1.00. The predicted molar refractivity (Wildman–Crippen MR) is 66.2 cm³/mol. The molecule has 2 saturated carbocycles. The van der Waals surface area contributed by atoms with Crippen molar-refractivity contribution >= 4 is 0 Å². The van der Waals surface area contributed by atoms with Crippen LogP contribution in [0.25, 0.3) is 0 Å². The van der Waals surface area contributed by atoms with Crippen molar-refractivity contribution in [2.45, 2.75) is 56.5 Å². The van der Waals surface area contributed by atoms with Crippen molar-refractivity contribution < 1.29 is 14.2 Å². The van der Waals surface area contributed by atoms with E-state index in [-0.39, 0.29) is 12.2 Å². The minimum atomic E-state index is 0.204. The Hall–Kier alpha value is -0.160. The number of hydrogen-bond donors (Lipinski definition) is 1. The van der Waals surface area contributed by atoms with E-state index in [4.69, 9.17) is 14.2 Å². The quantitative estimate of drug-likeness (QED) is 0.685. The van der Waals surface area contributed by atoms with Crippen molar-refractivity contribution in [1.29, 1.82) is 0 Å². The minimum absolute atomic E-state index is 0.204. The van der Waals surface area contributed by atoms with Crippen molar-refractivity contribution in [3.05, 3.63) is 0 Å². The third-order valence-corrected chi connectivity index (χ3v) is 3.89. The molecule has 4 heteroatoms. The van der Waals surface area contributed by atoms with Crippen LogP contribution >= 0.6 is 0 Å². The molecule has 0 spiro atoms. The van der Waals surface area contributed by atoms with Gasteiger partial charge in [-0.2, -0.15) is 0 Å². The van der Waals surface area contributed by atoms with E-state index in [1.54, 1.807) is 7.11 Å². The SMILES string of the molecule is CNC1CC(OC2CCCC2)C1OCCOC. The summed E-state index contributed by atoms with van der Waals surface area (Å²) in [4.78, 5) is 0. The van der Waals surface area contributed by atoms with Gasteiger partial charge in [-0.05, 0) is 26.3 Å². The van der Waals surface area contributed by atoms with Gasteiger partial charge in [0, 0.05) is 13.2 Å². The minimum Gasteiger partial charge on any atom is -0.382 e. The molecule has 3 atom stereocenters.